The maximum Gasteiger partial charge on any atom is 0.231 e. The minimum absolute atomic E-state index is 0.489. The Hall–Kier alpha value is -1.60. The standard InChI is InChI=1S/C13H17N3O/c1-15-6-7-17-13-11(9-14)8-10-4-2-3-5-12(10)16-13/h8,15H,2-7H2,1H3. The Bertz CT molecular complexity index is 437. The second kappa shape index (κ2) is 5.65. The number of pyridine rings is 1. The van der Waals surface area contributed by atoms with E-state index in [0.717, 1.165) is 25.1 Å². The van der Waals surface area contributed by atoms with Crippen LogP contribution in [0.4, 0.5) is 0 Å². The number of fused-ring (bicyclic) bond motifs is 1. The van der Waals surface area contributed by atoms with E-state index >= 15 is 0 Å². The van der Waals surface area contributed by atoms with Crippen molar-refractivity contribution in [3.8, 4) is 11.9 Å². The summed E-state index contributed by atoms with van der Waals surface area (Å²) < 4.78 is 5.54. The number of aromatic nitrogens is 1. The van der Waals surface area contributed by atoms with Crippen LogP contribution >= 0.6 is 0 Å². The summed E-state index contributed by atoms with van der Waals surface area (Å²) >= 11 is 0. The molecule has 1 aromatic rings. The van der Waals surface area contributed by atoms with Gasteiger partial charge in [-0.05, 0) is 44.4 Å². The molecule has 0 aromatic carbocycles. The van der Waals surface area contributed by atoms with Crippen molar-refractivity contribution in [1.29, 1.82) is 5.26 Å². The zero-order chi connectivity index (χ0) is 12.1. The molecule has 1 aliphatic rings. The van der Waals surface area contributed by atoms with Crippen molar-refractivity contribution >= 4 is 0 Å². The predicted molar refractivity (Wildman–Crippen MR) is 65.0 cm³/mol. The summed E-state index contributed by atoms with van der Waals surface area (Å²) in [5.74, 6) is 0.489. The molecule has 0 bridgehead atoms. The Balaban J connectivity index is 2.21. The van der Waals surface area contributed by atoms with Crippen molar-refractivity contribution in [3.05, 3.63) is 22.9 Å². The summed E-state index contributed by atoms with van der Waals surface area (Å²) in [7, 11) is 1.87. The van der Waals surface area contributed by atoms with E-state index < -0.39 is 0 Å². The molecule has 1 N–H and O–H groups in total. The Kier molecular flexibility index (Phi) is 3.94. The topological polar surface area (TPSA) is 57.9 Å². The Morgan fingerprint density at radius 2 is 2.29 bits per heavy atom. The van der Waals surface area contributed by atoms with Gasteiger partial charge in [0, 0.05) is 12.2 Å². The molecule has 0 spiro atoms. The van der Waals surface area contributed by atoms with Crippen LogP contribution in [0.25, 0.3) is 0 Å². The van der Waals surface area contributed by atoms with Gasteiger partial charge in [-0.25, -0.2) is 4.98 Å². The van der Waals surface area contributed by atoms with E-state index in [1.54, 1.807) is 0 Å². The first-order chi connectivity index (χ1) is 8.35. The zero-order valence-corrected chi connectivity index (χ0v) is 10.1. The first kappa shape index (κ1) is 11.9. The average Bonchev–Trinajstić information content (AvgIpc) is 2.38. The number of nitrogens with zero attached hydrogens (tertiary/aromatic N) is 2. The van der Waals surface area contributed by atoms with Crippen molar-refractivity contribution in [3.63, 3.8) is 0 Å². The number of likely N-dealkylation sites (N-methyl/N-ethyl adjacent to an activating group) is 1. The quantitative estimate of drug-likeness (QED) is 0.796. The minimum atomic E-state index is 0.489. The molecule has 90 valence electrons. The lowest BCUT2D eigenvalue weighted by atomic mass is 9.95. The molecular formula is C13H17N3O. The van der Waals surface area contributed by atoms with Crippen LogP contribution < -0.4 is 10.1 Å². The Morgan fingerprint density at radius 3 is 3.06 bits per heavy atom. The molecule has 17 heavy (non-hydrogen) atoms. The first-order valence-corrected chi connectivity index (χ1v) is 6.05. The maximum atomic E-state index is 9.09. The van der Waals surface area contributed by atoms with Crippen molar-refractivity contribution in [2.75, 3.05) is 20.2 Å². The molecule has 0 amide bonds. The van der Waals surface area contributed by atoms with Crippen LogP contribution in [0.5, 0.6) is 5.88 Å². The fourth-order valence-corrected chi connectivity index (χ4v) is 2.05. The third-order valence-corrected chi connectivity index (χ3v) is 2.98. The van der Waals surface area contributed by atoms with Crippen molar-refractivity contribution in [2.45, 2.75) is 25.7 Å². The maximum absolute atomic E-state index is 9.09. The smallest absolute Gasteiger partial charge is 0.231 e. The van der Waals surface area contributed by atoms with Crippen LogP contribution in [-0.4, -0.2) is 25.2 Å². The highest BCUT2D eigenvalue weighted by Crippen LogP contribution is 2.25. The molecule has 0 saturated heterocycles. The third kappa shape index (κ3) is 2.75. The van der Waals surface area contributed by atoms with Gasteiger partial charge in [-0.15, -0.1) is 0 Å². The van der Waals surface area contributed by atoms with E-state index in [1.165, 1.54) is 18.4 Å². The molecule has 0 unspecified atom stereocenters. The van der Waals surface area contributed by atoms with Gasteiger partial charge < -0.3 is 10.1 Å². The van der Waals surface area contributed by atoms with Gasteiger partial charge >= 0.3 is 0 Å². The predicted octanol–water partition coefficient (Wildman–Crippen LogP) is 1.43. The van der Waals surface area contributed by atoms with Crippen LogP contribution in [0.15, 0.2) is 6.07 Å². The molecule has 0 radical (unpaired) electrons. The van der Waals surface area contributed by atoms with Crippen molar-refractivity contribution in [1.82, 2.24) is 10.3 Å². The number of hydrogen-bond donors (Lipinski definition) is 1. The van der Waals surface area contributed by atoms with E-state index in [2.05, 4.69) is 16.4 Å². The SMILES string of the molecule is CNCCOc1nc2c(cc1C#N)CCCC2. The second-order valence-electron chi connectivity index (χ2n) is 4.22. The molecular weight excluding hydrogens is 214 g/mol. The molecule has 1 heterocycles. The number of ether oxygens (including phenoxy) is 1. The molecule has 0 saturated carbocycles. The fraction of sp³-hybridized carbons (Fsp3) is 0.538. The van der Waals surface area contributed by atoms with Gasteiger partial charge in [0.2, 0.25) is 5.88 Å². The largest absolute Gasteiger partial charge is 0.475 e. The summed E-state index contributed by atoms with van der Waals surface area (Å²) in [4.78, 5) is 4.48. The summed E-state index contributed by atoms with van der Waals surface area (Å²) in [6, 6.07) is 4.11. The molecule has 2 rings (SSSR count). The van der Waals surface area contributed by atoms with Gasteiger partial charge in [-0.1, -0.05) is 0 Å². The number of nitrogens with one attached hydrogen (secondary N) is 1. The van der Waals surface area contributed by atoms with Gasteiger partial charge in [0.25, 0.3) is 0 Å². The third-order valence-electron chi connectivity index (χ3n) is 2.98. The highest BCUT2D eigenvalue weighted by molar-refractivity contribution is 5.43. The summed E-state index contributed by atoms with van der Waals surface area (Å²) in [6.07, 6.45) is 4.42. The molecule has 0 aliphatic heterocycles. The zero-order valence-electron chi connectivity index (χ0n) is 10.1. The molecule has 1 aliphatic carbocycles. The summed E-state index contributed by atoms with van der Waals surface area (Å²) in [5, 5.41) is 12.1. The number of aryl methyl sites for hydroxylation is 2. The van der Waals surface area contributed by atoms with Crippen molar-refractivity contribution in [2.24, 2.45) is 0 Å². The van der Waals surface area contributed by atoms with Gasteiger partial charge in [0.1, 0.15) is 18.2 Å². The lowest BCUT2D eigenvalue weighted by molar-refractivity contribution is 0.304. The molecule has 1 aromatic heterocycles. The van der Waals surface area contributed by atoms with E-state index in [4.69, 9.17) is 10.00 Å². The Labute approximate surface area is 102 Å². The van der Waals surface area contributed by atoms with E-state index in [1.807, 2.05) is 13.1 Å². The lowest BCUT2D eigenvalue weighted by Crippen LogP contribution is -2.17. The number of hydrogen-bond acceptors (Lipinski definition) is 4. The summed E-state index contributed by atoms with van der Waals surface area (Å²) in [5.41, 5.74) is 2.88. The van der Waals surface area contributed by atoms with Crippen LogP contribution in [0.3, 0.4) is 0 Å². The van der Waals surface area contributed by atoms with E-state index in [9.17, 15) is 0 Å². The number of nitriles is 1. The van der Waals surface area contributed by atoms with Crippen LogP contribution in [0.1, 0.15) is 29.7 Å². The van der Waals surface area contributed by atoms with Crippen LogP contribution in [0, 0.1) is 11.3 Å². The average molecular weight is 231 g/mol. The van der Waals surface area contributed by atoms with Gasteiger partial charge in [-0.2, -0.15) is 5.26 Å². The van der Waals surface area contributed by atoms with Crippen molar-refractivity contribution < 1.29 is 4.74 Å². The monoisotopic (exact) mass is 231 g/mol. The van der Waals surface area contributed by atoms with Crippen LogP contribution in [-0.2, 0) is 12.8 Å². The Morgan fingerprint density at radius 1 is 1.47 bits per heavy atom. The summed E-state index contributed by atoms with van der Waals surface area (Å²) in [6.45, 7) is 1.29. The minimum Gasteiger partial charge on any atom is -0.475 e. The van der Waals surface area contributed by atoms with E-state index in [0.29, 0.717) is 18.1 Å². The second-order valence-corrected chi connectivity index (χ2v) is 4.22. The normalized spacial score (nSPS) is 13.9. The molecule has 4 nitrogen and oxygen atoms in total. The van der Waals surface area contributed by atoms with Gasteiger partial charge in [0.05, 0.1) is 0 Å². The molecule has 0 atom stereocenters. The highest BCUT2D eigenvalue weighted by atomic mass is 16.5. The fourth-order valence-electron chi connectivity index (χ4n) is 2.05. The van der Waals surface area contributed by atoms with E-state index in [-0.39, 0.29) is 0 Å². The highest BCUT2D eigenvalue weighted by Gasteiger charge is 2.15. The lowest BCUT2D eigenvalue weighted by Gasteiger charge is -2.16. The molecule has 4 heteroatoms. The van der Waals surface area contributed by atoms with Crippen LogP contribution in [0.2, 0.25) is 0 Å². The van der Waals surface area contributed by atoms with Gasteiger partial charge in [-0.3, -0.25) is 0 Å². The number of rotatable bonds is 4. The van der Waals surface area contributed by atoms with Gasteiger partial charge in [0.15, 0.2) is 0 Å². The first-order valence-electron chi connectivity index (χ1n) is 6.05. The molecule has 0 fully saturated rings.